The third kappa shape index (κ3) is 1.72. The fourth-order valence-corrected chi connectivity index (χ4v) is 2.24. The minimum Gasteiger partial charge on any atom is -0.388 e. The van der Waals surface area contributed by atoms with E-state index in [9.17, 15) is 0 Å². The second-order valence-electron chi connectivity index (χ2n) is 4.18. The maximum absolute atomic E-state index is 4.53. The van der Waals surface area contributed by atoms with Crippen molar-refractivity contribution < 1.29 is 0 Å². The van der Waals surface area contributed by atoms with Gasteiger partial charge in [-0.3, -0.25) is 4.98 Å². The van der Waals surface area contributed by atoms with Gasteiger partial charge in [-0.25, -0.2) is 0 Å². The Balaban J connectivity index is 2.32. The average Bonchev–Trinajstić information content (AvgIpc) is 2.47. The van der Waals surface area contributed by atoms with Crippen molar-refractivity contribution in [1.82, 2.24) is 4.98 Å². The Morgan fingerprint density at radius 2 is 1.72 bits per heavy atom. The molecule has 0 aliphatic heterocycles. The summed E-state index contributed by atoms with van der Waals surface area (Å²) in [5.74, 6) is 0. The van der Waals surface area contributed by atoms with E-state index in [2.05, 4.69) is 52.8 Å². The van der Waals surface area contributed by atoms with E-state index >= 15 is 0 Å². The highest BCUT2D eigenvalue weighted by molar-refractivity contribution is 6.00. The first-order valence-electron chi connectivity index (χ1n) is 6.01. The van der Waals surface area contributed by atoms with Crippen molar-refractivity contribution in [3.8, 4) is 11.1 Å². The summed E-state index contributed by atoms with van der Waals surface area (Å²) in [6.45, 7) is 0. The standard InChI is InChI=1S/C16H14N2/c1-17-15-10-11-18-16-13(8-5-9-14(15)16)12-6-3-2-4-7-12/h2-11H,1H3,(H,17,18). The highest BCUT2D eigenvalue weighted by Crippen LogP contribution is 2.30. The Kier molecular flexibility index (Phi) is 2.69. The molecule has 0 bridgehead atoms. The molecule has 1 aromatic heterocycles. The molecule has 1 heterocycles. The van der Waals surface area contributed by atoms with Crippen molar-refractivity contribution in [2.75, 3.05) is 12.4 Å². The van der Waals surface area contributed by atoms with E-state index in [0.717, 1.165) is 16.6 Å². The van der Waals surface area contributed by atoms with Gasteiger partial charge in [-0.2, -0.15) is 0 Å². The highest BCUT2D eigenvalue weighted by atomic mass is 14.8. The number of aromatic nitrogens is 1. The number of nitrogens with zero attached hydrogens (tertiary/aromatic N) is 1. The molecule has 1 N–H and O–H groups in total. The van der Waals surface area contributed by atoms with E-state index < -0.39 is 0 Å². The first kappa shape index (κ1) is 10.8. The van der Waals surface area contributed by atoms with E-state index in [-0.39, 0.29) is 0 Å². The molecule has 3 aromatic rings. The lowest BCUT2D eigenvalue weighted by Gasteiger charge is -2.09. The lowest BCUT2D eigenvalue weighted by atomic mass is 10.0. The van der Waals surface area contributed by atoms with E-state index in [1.165, 1.54) is 11.1 Å². The van der Waals surface area contributed by atoms with Crippen LogP contribution in [0.1, 0.15) is 0 Å². The van der Waals surface area contributed by atoms with Crippen LogP contribution in [0.2, 0.25) is 0 Å². The molecule has 2 heteroatoms. The van der Waals surface area contributed by atoms with Gasteiger partial charge in [0.2, 0.25) is 0 Å². The van der Waals surface area contributed by atoms with Gasteiger partial charge in [0.15, 0.2) is 0 Å². The van der Waals surface area contributed by atoms with Crippen LogP contribution in [-0.2, 0) is 0 Å². The predicted molar refractivity (Wildman–Crippen MR) is 76.7 cm³/mol. The Morgan fingerprint density at radius 1 is 0.889 bits per heavy atom. The molecular formula is C16H14N2. The summed E-state index contributed by atoms with van der Waals surface area (Å²) in [5, 5.41) is 4.36. The molecule has 0 spiro atoms. The monoisotopic (exact) mass is 234 g/mol. The van der Waals surface area contributed by atoms with Gasteiger partial charge in [0, 0.05) is 29.9 Å². The minimum atomic E-state index is 1.04. The van der Waals surface area contributed by atoms with Crippen molar-refractivity contribution in [3.05, 3.63) is 60.8 Å². The van der Waals surface area contributed by atoms with Gasteiger partial charge >= 0.3 is 0 Å². The summed E-state index contributed by atoms with van der Waals surface area (Å²) in [4.78, 5) is 4.53. The van der Waals surface area contributed by atoms with Crippen molar-refractivity contribution in [2.45, 2.75) is 0 Å². The van der Waals surface area contributed by atoms with Gasteiger partial charge in [0.25, 0.3) is 0 Å². The van der Waals surface area contributed by atoms with Crippen molar-refractivity contribution in [3.63, 3.8) is 0 Å². The summed E-state index contributed by atoms with van der Waals surface area (Å²) in [5.41, 5.74) is 4.52. The smallest absolute Gasteiger partial charge is 0.0801 e. The van der Waals surface area contributed by atoms with Crippen LogP contribution < -0.4 is 5.32 Å². The summed E-state index contributed by atoms with van der Waals surface area (Å²) in [7, 11) is 1.93. The second kappa shape index (κ2) is 4.49. The van der Waals surface area contributed by atoms with E-state index in [4.69, 9.17) is 0 Å². The quantitative estimate of drug-likeness (QED) is 0.726. The Hall–Kier alpha value is -2.35. The third-order valence-corrected chi connectivity index (χ3v) is 3.13. The summed E-state index contributed by atoms with van der Waals surface area (Å²) < 4.78 is 0. The lowest BCUT2D eigenvalue weighted by Crippen LogP contribution is -1.92. The summed E-state index contributed by atoms with van der Waals surface area (Å²) >= 11 is 0. The van der Waals surface area contributed by atoms with Crippen LogP contribution in [0.25, 0.3) is 22.0 Å². The van der Waals surface area contributed by atoms with Gasteiger partial charge in [-0.1, -0.05) is 48.5 Å². The number of nitrogens with one attached hydrogen (secondary N) is 1. The van der Waals surface area contributed by atoms with Gasteiger partial charge in [0.05, 0.1) is 5.52 Å². The number of anilines is 1. The molecule has 0 radical (unpaired) electrons. The van der Waals surface area contributed by atoms with Gasteiger partial charge in [-0.15, -0.1) is 0 Å². The molecule has 0 atom stereocenters. The van der Waals surface area contributed by atoms with Crippen molar-refractivity contribution in [2.24, 2.45) is 0 Å². The maximum Gasteiger partial charge on any atom is 0.0801 e. The molecular weight excluding hydrogens is 220 g/mol. The summed E-state index contributed by atoms with van der Waals surface area (Å²) in [6, 6.07) is 18.6. The maximum atomic E-state index is 4.53. The molecule has 0 saturated carbocycles. The molecule has 0 unspecified atom stereocenters. The van der Waals surface area contributed by atoms with Crippen LogP contribution in [0, 0.1) is 0 Å². The molecule has 18 heavy (non-hydrogen) atoms. The number of benzene rings is 2. The zero-order valence-corrected chi connectivity index (χ0v) is 10.2. The first-order chi connectivity index (χ1) is 8.90. The van der Waals surface area contributed by atoms with Crippen LogP contribution in [-0.4, -0.2) is 12.0 Å². The minimum absolute atomic E-state index is 1.04. The molecule has 2 aromatic carbocycles. The Bertz CT molecular complexity index is 675. The normalized spacial score (nSPS) is 10.5. The second-order valence-corrected chi connectivity index (χ2v) is 4.18. The lowest BCUT2D eigenvalue weighted by molar-refractivity contribution is 1.39. The molecule has 0 aliphatic rings. The average molecular weight is 234 g/mol. The van der Waals surface area contributed by atoms with E-state index in [1.807, 2.05) is 25.4 Å². The SMILES string of the molecule is CNc1ccnc2c(-c3ccccc3)cccc12. The fraction of sp³-hybridized carbons (Fsp3) is 0.0625. The zero-order valence-electron chi connectivity index (χ0n) is 10.2. The van der Waals surface area contributed by atoms with Gasteiger partial charge in [0.1, 0.15) is 0 Å². The molecule has 3 rings (SSSR count). The number of rotatable bonds is 2. The molecule has 0 fully saturated rings. The largest absolute Gasteiger partial charge is 0.388 e. The van der Waals surface area contributed by atoms with Crippen LogP contribution in [0.5, 0.6) is 0 Å². The molecule has 0 amide bonds. The van der Waals surface area contributed by atoms with Crippen LogP contribution in [0.4, 0.5) is 5.69 Å². The third-order valence-electron chi connectivity index (χ3n) is 3.13. The van der Waals surface area contributed by atoms with Crippen LogP contribution >= 0.6 is 0 Å². The Labute approximate surface area is 106 Å². The number of hydrogen-bond acceptors (Lipinski definition) is 2. The van der Waals surface area contributed by atoms with Crippen LogP contribution in [0.3, 0.4) is 0 Å². The number of fused-ring (bicyclic) bond motifs is 1. The Morgan fingerprint density at radius 3 is 2.50 bits per heavy atom. The molecule has 88 valence electrons. The molecule has 0 aliphatic carbocycles. The van der Waals surface area contributed by atoms with Crippen molar-refractivity contribution in [1.29, 1.82) is 0 Å². The number of para-hydroxylation sites is 1. The van der Waals surface area contributed by atoms with Crippen LogP contribution in [0.15, 0.2) is 60.8 Å². The van der Waals surface area contributed by atoms with Crippen molar-refractivity contribution >= 4 is 16.6 Å². The van der Waals surface area contributed by atoms with Gasteiger partial charge < -0.3 is 5.32 Å². The molecule has 0 saturated heterocycles. The number of pyridine rings is 1. The van der Waals surface area contributed by atoms with E-state index in [1.54, 1.807) is 0 Å². The predicted octanol–water partition coefficient (Wildman–Crippen LogP) is 3.94. The topological polar surface area (TPSA) is 24.9 Å². The van der Waals surface area contributed by atoms with Gasteiger partial charge in [-0.05, 0) is 11.6 Å². The number of hydrogen-bond donors (Lipinski definition) is 1. The summed E-state index contributed by atoms with van der Waals surface area (Å²) in [6.07, 6.45) is 1.85. The first-order valence-corrected chi connectivity index (χ1v) is 6.01. The zero-order chi connectivity index (χ0) is 12.4. The molecule has 2 nitrogen and oxygen atoms in total. The fourth-order valence-electron chi connectivity index (χ4n) is 2.24. The van der Waals surface area contributed by atoms with E-state index in [0.29, 0.717) is 0 Å². The highest BCUT2D eigenvalue weighted by Gasteiger charge is 2.06.